The summed E-state index contributed by atoms with van der Waals surface area (Å²) in [5.74, 6) is -0.0650. The molecule has 0 radical (unpaired) electrons. The van der Waals surface area contributed by atoms with Crippen molar-refractivity contribution in [2.24, 2.45) is 4.99 Å². The third kappa shape index (κ3) is 6.15. The van der Waals surface area contributed by atoms with Gasteiger partial charge in [0.1, 0.15) is 0 Å². The molecule has 0 aliphatic carbocycles. The van der Waals surface area contributed by atoms with E-state index in [0.717, 1.165) is 30.7 Å². The van der Waals surface area contributed by atoms with E-state index in [0.29, 0.717) is 23.8 Å². The lowest BCUT2D eigenvalue weighted by molar-refractivity contribution is -0.114. The minimum Gasteiger partial charge on any atom is -0.376 e. The molecule has 2 amide bonds. The van der Waals surface area contributed by atoms with Crippen molar-refractivity contribution in [2.75, 3.05) is 23.8 Å². The molecule has 7 nitrogen and oxygen atoms in total. The normalized spacial score (nSPS) is 16.2. The molecule has 3 rings (SSSR count). The van der Waals surface area contributed by atoms with Crippen LogP contribution in [0.15, 0.2) is 47.5 Å². The number of carbonyl (C=O) groups excluding carboxylic acids is 2. The Labute approximate surface area is 176 Å². The van der Waals surface area contributed by atoms with Crippen LogP contribution in [0, 0.1) is 13.8 Å². The number of hydrogen-bond donors (Lipinski definition) is 3. The summed E-state index contributed by atoms with van der Waals surface area (Å²) < 4.78 is 5.64. The van der Waals surface area contributed by atoms with Crippen molar-refractivity contribution in [2.45, 2.75) is 39.7 Å². The van der Waals surface area contributed by atoms with Gasteiger partial charge in [-0.1, -0.05) is 6.07 Å². The van der Waals surface area contributed by atoms with Crippen LogP contribution in [0.25, 0.3) is 0 Å². The minimum atomic E-state index is -0.285. The second-order valence-corrected chi connectivity index (χ2v) is 7.46. The number of benzene rings is 2. The Morgan fingerprint density at radius 3 is 2.40 bits per heavy atom. The highest BCUT2D eigenvalue weighted by atomic mass is 16.5. The first kappa shape index (κ1) is 21.5. The van der Waals surface area contributed by atoms with E-state index >= 15 is 0 Å². The van der Waals surface area contributed by atoms with E-state index in [2.05, 4.69) is 27.9 Å². The highest BCUT2D eigenvalue weighted by Gasteiger charge is 2.16. The van der Waals surface area contributed by atoms with Gasteiger partial charge in [-0.2, -0.15) is 0 Å². The van der Waals surface area contributed by atoms with Crippen molar-refractivity contribution in [1.29, 1.82) is 0 Å². The van der Waals surface area contributed by atoms with E-state index in [9.17, 15) is 9.59 Å². The molecule has 0 unspecified atom stereocenters. The van der Waals surface area contributed by atoms with Gasteiger partial charge < -0.3 is 15.4 Å². The molecule has 2 aromatic rings. The summed E-state index contributed by atoms with van der Waals surface area (Å²) in [7, 11) is 0. The average molecular weight is 409 g/mol. The van der Waals surface area contributed by atoms with Gasteiger partial charge in [0.05, 0.1) is 12.6 Å². The third-order valence-electron chi connectivity index (χ3n) is 4.95. The Kier molecular flexibility index (Phi) is 7.19. The van der Waals surface area contributed by atoms with Crippen LogP contribution in [0.4, 0.5) is 11.4 Å². The maximum Gasteiger partial charge on any atom is 0.257 e. The van der Waals surface area contributed by atoms with Crippen molar-refractivity contribution in [3.05, 3.63) is 59.2 Å². The van der Waals surface area contributed by atoms with Gasteiger partial charge in [-0.3, -0.25) is 14.9 Å². The third-order valence-corrected chi connectivity index (χ3v) is 4.95. The van der Waals surface area contributed by atoms with Gasteiger partial charge in [-0.05, 0) is 74.2 Å². The second-order valence-electron chi connectivity index (χ2n) is 7.46. The molecular formula is C23H28N4O3. The van der Waals surface area contributed by atoms with Crippen molar-refractivity contribution in [3.8, 4) is 0 Å². The standard InChI is InChI=1S/C23H28N4O3/c1-15-6-9-20(13-16(15)2)26-23(24-14-21-5-4-12-30-21)27-22(29)18-7-10-19(11-8-18)25-17(3)28/h6-11,13,21H,4-5,12,14H2,1-3H3,(H,25,28)(H2,24,26,27,29)/t21-/m1/s1. The smallest absolute Gasteiger partial charge is 0.257 e. The molecule has 158 valence electrons. The van der Waals surface area contributed by atoms with Crippen LogP contribution in [-0.2, 0) is 9.53 Å². The first-order valence-electron chi connectivity index (χ1n) is 10.1. The van der Waals surface area contributed by atoms with E-state index in [4.69, 9.17) is 4.74 Å². The summed E-state index contributed by atoms with van der Waals surface area (Å²) >= 11 is 0. The number of amides is 2. The van der Waals surface area contributed by atoms with Crippen LogP contribution in [0.3, 0.4) is 0 Å². The van der Waals surface area contributed by atoms with E-state index in [1.54, 1.807) is 24.3 Å². The Balaban J connectivity index is 1.73. The van der Waals surface area contributed by atoms with Gasteiger partial charge in [-0.25, -0.2) is 4.99 Å². The van der Waals surface area contributed by atoms with Crippen molar-refractivity contribution >= 4 is 29.1 Å². The van der Waals surface area contributed by atoms with Gasteiger partial charge >= 0.3 is 0 Å². The van der Waals surface area contributed by atoms with Crippen molar-refractivity contribution < 1.29 is 14.3 Å². The molecule has 0 spiro atoms. The molecule has 0 aromatic heterocycles. The lowest BCUT2D eigenvalue weighted by Crippen LogP contribution is -2.36. The fourth-order valence-electron chi connectivity index (χ4n) is 3.14. The number of guanidine groups is 1. The van der Waals surface area contributed by atoms with E-state index in [1.807, 2.05) is 25.1 Å². The summed E-state index contributed by atoms with van der Waals surface area (Å²) in [6, 6.07) is 12.7. The first-order valence-corrected chi connectivity index (χ1v) is 10.1. The van der Waals surface area contributed by atoms with Crippen molar-refractivity contribution in [1.82, 2.24) is 5.32 Å². The number of anilines is 2. The van der Waals surface area contributed by atoms with Crippen LogP contribution < -0.4 is 16.0 Å². The highest BCUT2D eigenvalue weighted by Crippen LogP contribution is 2.15. The molecule has 7 heteroatoms. The number of nitrogens with zero attached hydrogens (tertiary/aromatic N) is 1. The van der Waals surface area contributed by atoms with Gasteiger partial charge in [-0.15, -0.1) is 0 Å². The molecule has 3 N–H and O–H groups in total. The summed E-state index contributed by atoms with van der Waals surface area (Å²) in [6.07, 6.45) is 2.09. The van der Waals surface area contributed by atoms with Gasteiger partial charge in [0.25, 0.3) is 5.91 Å². The molecule has 1 atom stereocenters. The van der Waals surface area contributed by atoms with E-state index < -0.39 is 0 Å². The number of aliphatic imine (C=N–C) groups is 1. The Bertz CT molecular complexity index is 932. The van der Waals surface area contributed by atoms with Crippen LogP contribution in [-0.4, -0.2) is 37.0 Å². The topological polar surface area (TPSA) is 91.8 Å². The summed E-state index contributed by atoms with van der Waals surface area (Å²) in [5.41, 5.74) is 4.31. The zero-order chi connectivity index (χ0) is 21.5. The maximum absolute atomic E-state index is 12.7. The van der Waals surface area contributed by atoms with Crippen LogP contribution >= 0.6 is 0 Å². The van der Waals surface area contributed by atoms with Crippen LogP contribution in [0.2, 0.25) is 0 Å². The maximum atomic E-state index is 12.7. The Hall–Kier alpha value is -3.19. The molecule has 0 bridgehead atoms. The number of rotatable bonds is 5. The van der Waals surface area contributed by atoms with E-state index in [1.165, 1.54) is 12.5 Å². The molecule has 30 heavy (non-hydrogen) atoms. The molecule has 1 saturated heterocycles. The minimum absolute atomic E-state index is 0.0791. The number of ether oxygens (including phenoxy) is 1. The number of aryl methyl sites for hydroxylation is 2. The SMILES string of the molecule is CC(=O)Nc1ccc(C(=O)NC(=NC[C@H]2CCCO2)Nc2ccc(C)c(C)c2)cc1. The first-order chi connectivity index (χ1) is 14.4. The molecule has 1 heterocycles. The molecule has 1 aliphatic rings. The molecule has 1 fully saturated rings. The highest BCUT2D eigenvalue weighted by molar-refractivity contribution is 6.10. The largest absolute Gasteiger partial charge is 0.376 e. The lowest BCUT2D eigenvalue weighted by Gasteiger charge is -2.14. The predicted molar refractivity (Wildman–Crippen MR) is 119 cm³/mol. The van der Waals surface area contributed by atoms with Gasteiger partial charge in [0.15, 0.2) is 0 Å². The fourth-order valence-corrected chi connectivity index (χ4v) is 3.14. The Morgan fingerprint density at radius 2 is 1.77 bits per heavy atom. The summed E-state index contributed by atoms with van der Waals surface area (Å²) in [5, 5.41) is 8.76. The average Bonchev–Trinajstić information content (AvgIpc) is 3.22. The van der Waals surface area contributed by atoms with Gasteiger partial charge in [0.2, 0.25) is 11.9 Å². The van der Waals surface area contributed by atoms with E-state index in [-0.39, 0.29) is 17.9 Å². The molecular weight excluding hydrogens is 380 g/mol. The zero-order valence-corrected chi connectivity index (χ0v) is 17.6. The number of carbonyl (C=O) groups is 2. The second kappa shape index (κ2) is 10.0. The van der Waals surface area contributed by atoms with Crippen LogP contribution in [0.5, 0.6) is 0 Å². The summed E-state index contributed by atoms with van der Waals surface area (Å²) in [4.78, 5) is 28.5. The predicted octanol–water partition coefficient (Wildman–Crippen LogP) is 3.64. The van der Waals surface area contributed by atoms with Crippen LogP contribution in [0.1, 0.15) is 41.3 Å². The molecule has 2 aromatic carbocycles. The molecule has 0 saturated carbocycles. The van der Waals surface area contributed by atoms with Gasteiger partial charge in [0, 0.05) is 30.5 Å². The lowest BCUT2D eigenvalue weighted by atomic mass is 10.1. The Morgan fingerprint density at radius 1 is 1.03 bits per heavy atom. The number of nitrogens with one attached hydrogen (secondary N) is 3. The summed E-state index contributed by atoms with van der Waals surface area (Å²) in [6.45, 7) is 6.77. The number of hydrogen-bond acceptors (Lipinski definition) is 4. The monoisotopic (exact) mass is 408 g/mol. The molecule has 1 aliphatic heterocycles. The zero-order valence-electron chi connectivity index (χ0n) is 17.6. The van der Waals surface area contributed by atoms with Crippen molar-refractivity contribution in [3.63, 3.8) is 0 Å². The quantitative estimate of drug-likeness (QED) is 0.520. The fraction of sp³-hybridized carbons (Fsp3) is 0.348.